The lowest BCUT2D eigenvalue weighted by molar-refractivity contribution is -0.140. The van der Waals surface area contributed by atoms with Gasteiger partial charge in [0.2, 0.25) is 0 Å². The van der Waals surface area contributed by atoms with Crippen molar-refractivity contribution < 1.29 is 27.4 Å². The van der Waals surface area contributed by atoms with Crippen molar-refractivity contribution in [2.45, 2.75) is 19.1 Å². The summed E-state index contributed by atoms with van der Waals surface area (Å²) in [5, 5.41) is 9.28. The minimum absolute atomic E-state index is 0.0371. The van der Waals surface area contributed by atoms with Gasteiger partial charge in [0.1, 0.15) is 11.8 Å². The van der Waals surface area contributed by atoms with Gasteiger partial charge in [-0.2, -0.15) is 18.4 Å². The average Bonchev–Trinajstić information content (AvgIpc) is 3.17. The molecule has 0 radical (unpaired) electrons. The van der Waals surface area contributed by atoms with Crippen molar-refractivity contribution in [2.24, 2.45) is 4.99 Å². The van der Waals surface area contributed by atoms with Gasteiger partial charge in [-0.05, 0) is 65.4 Å². The second kappa shape index (κ2) is 11.8. The zero-order valence-electron chi connectivity index (χ0n) is 19.7. The normalized spacial score (nSPS) is 15.4. The summed E-state index contributed by atoms with van der Waals surface area (Å²) in [6.07, 6.45) is -3.57. The molecule has 4 rings (SSSR count). The highest BCUT2D eigenvalue weighted by atomic mass is 127. The van der Waals surface area contributed by atoms with E-state index in [-0.39, 0.29) is 28.1 Å². The molecule has 0 amide bonds. The summed E-state index contributed by atoms with van der Waals surface area (Å²) < 4.78 is 55.6. The number of aromatic nitrogens is 1. The van der Waals surface area contributed by atoms with Crippen LogP contribution in [0.5, 0.6) is 5.75 Å². The van der Waals surface area contributed by atoms with Crippen molar-refractivity contribution >= 4 is 73.5 Å². The third-order valence-corrected chi connectivity index (χ3v) is 7.88. The number of allylic oxidation sites excluding steroid dienone is 1. The molecule has 0 bridgehead atoms. The average molecular weight is 753 g/mol. The van der Waals surface area contributed by atoms with E-state index >= 15 is 0 Å². The van der Waals surface area contributed by atoms with E-state index in [1.807, 2.05) is 28.7 Å². The van der Waals surface area contributed by atoms with Gasteiger partial charge in [0.15, 0.2) is 17.1 Å². The summed E-state index contributed by atoms with van der Waals surface area (Å²) in [6.45, 7) is 1.02. The standard InChI is InChI=1S/C25H15BrClF3IN3O4S/c1-2-37-23(36)18-19(12-3-5-15(27)6-4-12)34-22(35)17(39-24(34)33-21(18)25(28,29)30)10-13-9-14(26)11-16(31)20(13)38-8-7-32/h3-6,9-11,19H,2,8H2,1H3/b17-10-/t19-/m1/s1. The Morgan fingerprint density at radius 3 is 2.64 bits per heavy atom. The summed E-state index contributed by atoms with van der Waals surface area (Å²) in [5.74, 6) is -0.917. The molecule has 202 valence electrons. The smallest absolute Gasteiger partial charge is 0.434 e. The molecule has 39 heavy (non-hydrogen) atoms. The number of fused-ring (bicyclic) bond motifs is 1. The number of rotatable bonds is 6. The van der Waals surface area contributed by atoms with Crippen LogP contribution in [-0.2, 0) is 9.53 Å². The van der Waals surface area contributed by atoms with Crippen LogP contribution in [0, 0.1) is 14.9 Å². The van der Waals surface area contributed by atoms with Crippen LogP contribution in [0.25, 0.3) is 6.08 Å². The molecule has 1 aliphatic rings. The first-order valence-electron chi connectivity index (χ1n) is 11.0. The molecule has 0 aliphatic carbocycles. The molecule has 14 heteroatoms. The minimum atomic E-state index is -5.01. The predicted octanol–water partition coefficient (Wildman–Crippen LogP) is 5.26. The quantitative estimate of drug-likeness (QED) is 0.253. The molecule has 7 nitrogen and oxygen atoms in total. The molecule has 1 atom stereocenters. The Labute approximate surface area is 250 Å². The van der Waals surface area contributed by atoms with Crippen LogP contribution in [0.2, 0.25) is 5.02 Å². The number of ether oxygens (including phenoxy) is 2. The van der Waals surface area contributed by atoms with Crippen LogP contribution in [-0.4, -0.2) is 29.9 Å². The molecule has 0 fully saturated rings. The third-order valence-electron chi connectivity index (χ3n) is 5.39. The van der Waals surface area contributed by atoms with Gasteiger partial charge in [-0.15, -0.1) is 0 Å². The Balaban J connectivity index is 2.05. The highest BCUT2D eigenvalue weighted by Gasteiger charge is 2.45. The first-order valence-corrected chi connectivity index (χ1v) is 14.1. The lowest BCUT2D eigenvalue weighted by Crippen LogP contribution is -2.41. The van der Waals surface area contributed by atoms with Crippen LogP contribution in [0.15, 0.2) is 61.9 Å². The maximum atomic E-state index is 14.2. The fourth-order valence-corrected chi connectivity index (χ4v) is 6.71. The van der Waals surface area contributed by atoms with Crippen molar-refractivity contribution in [2.75, 3.05) is 13.2 Å². The van der Waals surface area contributed by atoms with E-state index in [2.05, 4.69) is 20.9 Å². The number of hydrogen-bond donors (Lipinski definition) is 0. The summed E-state index contributed by atoms with van der Waals surface area (Å²) in [4.78, 5) is 30.1. The first kappa shape index (κ1) is 29.3. The highest BCUT2D eigenvalue weighted by Crippen LogP contribution is 2.38. The summed E-state index contributed by atoms with van der Waals surface area (Å²) >= 11 is 12.1. The van der Waals surface area contributed by atoms with E-state index < -0.39 is 35.0 Å². The Hall–Kier alpha value is -2.67. The van der Waals surface area contributed by atoms with Crippen LogP contribution in [0.3, 0.4) is 0 Å². The maximum absolute atomic E-state index is 14.2. The SMILES string of the molecule is CCOC(=O)C1=C(C(F)(F)F)N=c2s/c(=C\c3cc(Br)cc(I)c3OCC#N)c(=O)n2[C@@H]1c1ccc(Cl)cc1. The highest BCUT2D eigenvalue weighted by molar-refractivity contribution is 14.1. The molecule has 0 spiro atoms. The number of thiazole rings is 1. The number of nitriles is 1. The van der Waals surface area contributed by atoms with Crippen molar-refractivity contribution in [1.82, 2.24) is 4.57 Å². The Morgan fingerprint density at radius 2 is 2.03 bits per heavy atom. The van der Waals surface area contributed by atoms with E-state index in [0.717, 1.165) is 15.9 Å². The zero-order chi connectivity index (χ0) is 28.5. The van der Waals surface area contributed by atoms with Gasteiger partial charge < -0.3 is 9.47 Å². The van der Waals surface area contributed by atoms with Crippen LogP contribution in [0.4, 0.5) is 13.2 Å². The molecule has 0 unspecified atom stereocenters. The molecule has 1 aromatic heterocycles. The van der Waals surface area contributed by atoms with Gasteiger partial charge in [-0.25, -0.2) is 9.79 Å². The fraction of sp³-hybridized carbons (Fsp3) is 0.200. The molecular formula is C25H15BrClF3IN3O4S. The molecule has 0 saturated heterocycles. The number of alkyl halides is 3. The van der Waals surface area contributed by atoms with Gasteiger partial charge in [0.05, 0.1) is 26.3 Å². The van der Waals surface area contributed by atoms with E-state index in [0.29, 0.717) is 24.4 Å². The largest absolute Gasteiger partial charge is 0.477 e. The first-order chi connectivity index (χ1) is 18.5. The fourth-order valence-electron chi connectivity index (χ4n) is 3.89. The zero-order valence-corrected chi connectivity index (χ0v) is 25.0. The number of hydrogen-bond acceptors (Lipinski definition) is 7. The van der Waals surface area contributed by atoms with Crippen LogP contribution < -0.4 is 19.6 Å². The molecular weight excluding hydrogens is 738 g/mol. The molecule has 2 aromatic carbocycles. The van der Waals surface area contributed by atoms with Crippen molar-refractivity contribution in [3.05, 3.63) is 91.5 Å². The van der Waals surface area contributed by atoms with E-state index in [1.165, 1.54) is 37.3 Å². The Kier molecular flexibility index (Phi) is 8.89. The summed E-state index contributed by atoms with van der Waals surface area (Å²) in [7, 11) is 0. The predicted molar refractivity (Wildman–Crippen MR) is 150 cm³/mol. The number of esters is 1. The summed E-state index contributed by atoms with van der Waals surface area (Å²) in [6, 6.07) is 9.57. The van der Waals surface area contributed by atoms with Gasteiger partial charge in [-0.3, -0.25) is 9.36 Å². The second-order valence-corrected chi connectivity index (χ2v) is 11.4. The maximum Gasteiger partial charge on any atom is 0.434 e. The number of benzene rings is 2. The number of halogens is 6. The second-order valence-electron chi connectivity index (χ2n) is 7.87. The van der Waals surface area contributed by atoms with Gasteiger partial charge in [0, 0.05) is 15.1 Å². The van der Waals surface area contributed by atoms with Crippen molar-refractivity contribution in [3.8, 4) is 11.8 Å². The minimum Gasteiger partial charge on any atom is -0.477 e. The van der Waals surface area contributed by atoms with Crippen LogP contribution >= 0.6 is 61.5 Å². The number of nitrogens with zero attached hydrogens (tertiary/aromatic N) is 3. The summed E-state index contributed by atoms with van der Waals surface area (Å²) in [5.41, 5.74) is -2.30. The topological polar surface area (TPSA) is 93.7 Å². The van der Waals surface area contributed by atoms with E-state index in [1.54, 1.807) is 12.1 Å². The molecule has 3 aromatic rings. The molecule has 1 aliphatic heterocycles. The lowest BCUT2D eigenvalue weighted by Gasteiger charge is -2.26. The third kappa shape index (κ3) is 6.08. The van der Waals surface area contributed by atoms with E-state index in [4.69, 9.17) is 26.3 Å². The van der Waals surface area contributed by atoms with Crippen molar-refractivity contribution in [1.29, 1.82) is 5.26 Å². The van der Waals surface area contributed by atoms with E-state index in [9.17, 15) is 22.8 Å². The molecule has 2 heterocycles. The van der Waals surface area contributed by atoms with Crippen molar-refractivity contribution in [3.63, 3.8) is 0 Å². The van der Waals surface area contributed by atoms with Gasteiger partial charge in [0.25, 0.3) is 5.56 Å². The van der Waals surface area contributed by atoms with Gasteiger partial charge >= 0.3 is 12.1 Å². The number of carbonyl (C=O) groups is 1. The molecule has 0 saturated carbocycles. The van der Waals surface area contributed by atoms with Gasteiger partial charge in [-0.1, -0.05) is 51.0 Å². The number of carbonyl (C=O) groups excluding carboxylic acids is 1. The Bertz CT molecular complexity index is 1710. The lowest BCUT2D eigenvalue weighted by atomic mass is 9.95. The Morgan fingerprint density at radius 1 is 1.33 bits per heavy atom. The van der Waals surface area contributed by atoms with Crippen LogP contribution in [0.1, 0.15) is 24.1 Å². The monoisotopic (exact) mass is 751 g/mol. The molecule has 0 N–H and O–H groups in total.